The van der Waals surface area contributed by atoms with E-state index in [1.165, 1.54) is 25.7 Å². The van der Waals surface area contributed by atoms with Gasteiger partial charge in [0, 0.05) is 20.0 Å². The predicted octanol–water partition coefficient (Wildman–Crippen LogP) is 3.44. The van der Waals surface area contributed by atoms with E-state index in [1.807, 2.05) is 27.8 Å². The summed E-state index contributed by atoms with van der Waals surface area (Å²) in [6.07, 6.45) is 6.57. The number of carbonyl (C=O) groups is 1. The zero-order chi connectivity index (χ0) is 16.6. The van der Waals surface area contributed by atoms with Gasteiger partial charge >= 0.3 is 6.09 Å². The number of amides is 1. The van der Waals surface area contributed by atoms with Crippen LogP contribution in [-0.2, 0) is 4.74 Å². The fourth-order valence-electron chi connectivity index (χ4n) is 2.80. The number of aliphatic hydroxyl groups excluding tert-OH is 1. The summed E-state index contributed by atoms with van der Waals surface area (Å²) in [5.74, 6) is 7.14. The largest absolute Gasteiger partial charge is 0.444 e. The lowest BCUT2D eigenvalue weighted by molar-refractivity contribution is 0.0286. The minimum atomic E-state index is -0.432. The van der Waals surface area contributed by atoms with Crippen LogP contribution in [0.1, 0.15) is 59.3 Å². The molecule has 4 nitrogen and oxygen atoms in total. The van der Waals surface area contributed by atoms with Crippen molar-refractivity contribution in [3.63, 3.8) is 0 Å². The van der Waals surface area contributed by atoms with E-state index in [9.17, 15) is 4.79 Å². The molecule has 1 fully saturated rings. The Bertz CT molecular complexity index is 395. The summed E-state index contributed by atoms with van der Waals surface area (Å²) in [6.45, 7) is 6.39. The summed E-state index contributed by atoms with van der Waals surface area (Å²) in [7, 11) is 1.81. The topological polar surface area (TPSA) is 49.8 Å². The zero-order valence-corrected chi connectivity index (χ0v) is 14.5. The molecule has 1 saturated carbocycles. The molecule has 0 radical (unpaired) electrons. The van der Waals surface area contributed by atoms with Gasteiger partial charge < -0.3 is 14.7 Å². The van der Waals surface area contributed by atoms with Gasteiger partial charge in [-0.1, -0.05) is 18.8 Å². The van der Waals surface area contributed by atoms with Crippen molar-refractivity contribution in [2.75, 3.05) is 20.2 Å². The molecule has 0 aromatic rings. The summed E-state index contributed by atoms with van der Waals surface area (Å²) >= 11 is 0. The molecule has 4 heteroatoms. The van der Waals surface area contributed by atoms with Crippen LogP contribution < -0.4 is 0 Å². The second-order valence-corrected chi connectivity index (χ2v) is 7.29. The molecule has 0 bridgehead atoms. The molecule has 126 valence electrons. The van der Waals surface area contributed by atoms with Gasteiger partial charge in [-0.05, 0) is 51.9 Å². The van der Waals surface area contributed by atoms with Crippen LogP contribution in [0.25, 0.3) is 0 Å². The average molecular weight is 309 g/mol. The number of ether oxygens (including phenoxy) is 1. The maximum absolute atomic E-state index is 11.9. The number of hydrogen-bond acceptors (Lipinski definition) is 3. The van der Waals surface area contributed by atoms with E-state index in [0.717, 1.165) is 19.4 Å². The van der Waals surface area contributed by atoms with Crippen molar-refractivity contribution in [3.05, 3.63) is 0 Å². The van der Waals surface area contributed by atoms with Crippen molar-refractivity contribution in [1.82, 2.24) is 4.90 Å². The SMILES string of the molecule is CN(CCC1CCC(CC#CCO)CC1)C(=O)OC(C)(C)C. The molecule has 0 heterocycles. The molecule has 0 aromatic carbocycles. The normalized spacial score (nSPS) is 21.7. The van der Waals surface area contributed by atoms with Crippen molar-refractivity contribution in [2.45, 2.75) is 64.9 Å². The Morgan fingerprint density at radius 3 is 2.32 bits per heavy atom. The molecule has 22 heavy (non-hydrogen) atoms. The number of aliphatic hydroxyl groups is 1. The summed E-state index contributed by atoms with van der Waals surface area (Å²) < 4.78 is 5.36. The van der Waals surface area contributed by atoms with Crippen LogP contribution in [0.2, 0.25) is 0 Å². The zero-order valence-electron chi connectivity index (χ0n) is 14.5. The molecule has 1 N–H and O–H groups in total. The Morgan fingerprint density at radius 2 is 1.77 bits per heavy atom. The van der Waals surface area contributed by atoms with Gasteiger partial charge in [0.25, 0.3) is 0 Å². The third-order valence-corrected chi connectivity index (χ3v) is 4.14. The van der Waals surface area contributed by atoms with Gasteiger partial charge in [0.15, 0.2) is 0 Å². The Balaban J connectivity index is 2.23. The molecule has 0 aromatic heterocycles. The number of rotatable bonds is 4. The fraction of sp³-hybridized carbons (Fsp3) is 0.833. The molecule has 1 rings (SSSR count). The van der Waals surface area contributed by atoms with Gasteiger partial charge in [-0.3, -0.25) is 0 Å². The molecule has 0 saturated heterocycles. The van der Waals surface area contributed by atoms with Crippen LogP contribution in [0, 0.1) is 23.7 Å². The number of hydrogen-bond donors (Lipinski definition) is 1. The van der Waals surface area contributed by atoms with Gasteiger partial charge in [0.1, 0.15) is 12.2 Å². The van der Waals surface area contributed by atoms with E-state index in [2.05, 4.69) is 11.8 Å². The first kappa shape index (κ1) is 18.8. The molecule has 0 spiro atoms. The maximum Gasteiger partial charge on any atom is 0.410 e. The summed E-state index contributed by atoms with van der Waals surface area (Å²) in [4.78, 5) is 13.6. The molecule has 1 amide bonds. The van der Waals surface area contributed by atoms with E-state index in [0.29, 0.717) is 11.8 Å². The smallest absolute Gasteiger partial charge is 0.410 e. The van der Waals surface area contributed by atoms with E-state index in [-0.39, 0.29) is 12.7 Å². The molecule has 0 aliphatic heterocycles. The first-order valence-corrected chi connectivity index (χ1v) is 8.32. The summed E-state index contributed by atoms with van der Waals surface area (Å²) in [6, 6.07) is 0. The quantitative estimate of drug-likeness (QED) is 0.809. The van der Waals surface area contributed by atoms with Crippen LogP contribution in [0.3, 0.4) is 0 Å². The van der Waals surface area contributed by atoms with Crippen molar-refractivity contribution in [2.24, 2.45) is 11.8 Å². The Hall–Kier alpha value is -1.21. The van der Waals surface area contributed by atoms with Crippen LogP contribution in [0.4, 0.5) is 4.79 Å². The predicted molar refractivity (Wildman–Crippen MR) is 88.4 cm³/mol. The second kappa shape index (κ2) is 9.05. The van der Waals surface area contributed by atoms with E-state index in [4.69, 9.17) is 9.84 Å². The van der Waals surface area contributed by atoms with Gasteiger partial charge in [0.2, 0.25) is 0 Å². The highest BCUT2D eigenvalue weighted by molar-refractivity contribution is 5.67. The molecule has 0 unspecified atom stereocenters. The third kappa shape index (κ3) is 7.70. The average Bonchev–Trinajstić information content (AvgIpc) is 2.44. The number of carbonyl (C=O) groups excluding carboxylic acids is 1. The highest BCUT2D eigenvalue weighted by Gasteiger charge is 2.23. The monoisotopic (exact) mass is 309 g/mol. The Kier molecular flexibility index (Phi) is 7.75. The van der Waals surface area contributed by atoms with Crippen LogP contribution in [-0.4, -0.2) is 41.9 Å². The van der Waals surface area contributed by atoms with Crippen molar-refractivity contribution in [3.8, 4) is 11.8 Å². The molecular formula is C18H31NO3. The summed E-state index contributed by atoms with van der Waals surface area (Å²) in [5, 5.41) is 8.66. The maximum atomic E-state index is 11.9. The van der Waals surface area contributed by atoms with E-state index in [1.54, 1.807) is 4.90 Å². The van der Waals surface area contributed by atoms with Crippen molar-refractivity contribution >= 4 is 6.09 Å². The number of nitrogens with zero attached hydrogens (tertiary/aromatic N) is 1. The first-order valence-electron chi connectivity index (χ1n) is 8.32. The molecule has 0 atom stereocenters. The minimum Gasteiger partial charge on any atom is -0.444 e. The van der Waals surface area contributed by atoms with Crippen LogP contribution in [0.15, 0.2) is 0 Å². The molecule has 1 aliphatic rings. The first-order chi connectivity index (χ1) is 10.3. The van der Waals surface area contributed by atoms with Gasteiger partial charge in [-0.25, -0.2) is 4.79 Å². The van der Waals surface area contributed by atoms with Crippen molar-refractivity contribution < 1.29 is 14.6 Å². The van der Waals surface area contributed by atoms with Gasteiger partial charge in [-0.15, -0.1) is 5.92 Å². The van der Waals surface area contributed by atoms with Gasteiger partial charge in [0.05, 0.1) is 0 Å². The third-order valence-electron chi connectivity index (χ3n) is 4.14. The molecular weight excluding hydrogens is 278 g/mol. The standard InChI is InChI=1S/C18H31NO3/c1-18(2,3)22-17(21)19(4)13-12-16-10-8-15(9-11-16)7-5-6-14-20/h15-16,20H,7-14H2,1-4H3. The lowest BCUT2D eigenvalue weighted by atomic mass is 9.79. The highest BCUT2D eigenvalue weighted by atomic mass is 16.6. The van der Waals surface area contributed by atoms with Crippen molar-refractivity contribution in [1.29, 1.82) is 0 Å². The van der Waals surface area contributed by atoms with Crippen LogP contribution >= 0.6 is 0 Å². The molecule has 1 aliphatic carbocycles. The lowest BCUT2D eigenvalue weighted by Gasteiger charge is -2.29. The minimum absolute atomic E-state index is 0.0354. The lowest BCUT2D eigenvalue weighted by Crippen LogP contribution is -2.35. The van der Waals surface area contributed by atoms with Gasteiger partial charge in [-0.2, -0.15) is 0 Å². The highest BCUT2D eigenvalue weighted by Crippen LogP contribution is 2.32. The van der Waals surface area contributed by atoms with Crippen LogP contribution in [0.5, 0.6) is 0 Å². The summed E-state index contributed by atoms with van der Waals surface area (Å²) in [5.41, 5.74) is -0.432. The Morgan fingerprint density at radius 1 is 1.18 bits per heavy atom. The van der Waals surface area contributed by atoms with E-state index < -0.39 is 5.60 Å². The van der Waals surface area contributed by atoms with E-state index >= 15 is 0 Å². The fourth-order valence-corrected chi connectivity index (χ4v) is 2.80. The Labute approximate surface area is 135 Å². The second-order valence-electron chi connectivity index (χ2n) is 7.29.